The average molecular weight is 488 g/mol. The number of aromatic amines is 1. The number of para-hydroxylation sites is 2. The van der Waals surface area contributed by atoms with Gasteiger partial charge in [-0.1, -0.05) is 43.2 Å². The molecule has 0 spiro atoms. The van der Waals surface area contributed by atoms with Crippen LogP contribution in [0.3, 0.4) is 0 Å². The number of nitrogens with zero attached hydrogens (tertiary/aromatic N) is 2. The Morgan fingerprint density at radius 2 is 1.86 bits per heavy atom. The summed E-state index contributed by atoms with van der Waals surface area (Å²) >= 11 is 0. The van der Waals surface area contributed by atoms with Crippen molar-refractivity contribution in [1.82, 2.24) is 14.8 Å². The molecule has 2 aromatic carbocycles. The van der Waals surface area contributed by atoms with Gasteiger partial charge in [-0.05, 0) is 44.4 Å². The molecule has 0 bridgehead atoms. The van der Waals surface area contributed by atoms with Crippen molar-refractivity contribution in [1.29, 1.82) is 0 Å². The van der Waals surface area contributed by atoms with Gasteiger partial charge in [0.25, 0.3) is 5.91 Å². The molecule has 1 saturated carbocycles. The van der Waals surface area contributed by atoms with E-state index >= 15 is 0 Å². The first-order valence-corrected chi connectivity index (χ1v) is 13.0. The number of ether oxygens (including phenoxy) is 2. The van der Waals surface area contributed by atoms with Gasteiger partial charge in [0.15, 0.2) is 17.0 Å². The van der Waals surface area contributed by atoms with Crippen molar-refractivity contribution in [3.63, 3.8) is 0 Å². The normalized spacial score (nSPS) is 24.2. The van der Waals surface area contributed by atoms with Gasteiger partial charge in [-0.15, -0.1) is 0 Å². The molecule has 6 rings (SSSR count). The number of carbonyl (C=O) groups excluding carboxylic acids is 2. The number of piperazine rings is 1. The maximum absolute atomic E-state index is 14.2. The predicted octanol–water partition coefficient (Wildman–Crippen LogP) is 4.55. The van der Waals surface area contributed by atoms with Crippen molar-refractivity contribution in [2.45, 2.75) is 57.0 Å². The molecule has 1 N–H and O–H groups in total. The molecule has 2 aliphatic heterocycles. The number of amides is 2. The van der Waals surface area contributed by atoms with Gasteiger partial charge in [0, 0.05) is 35.0 Å². The summed E-state index contributed by atoms with van der Waals surface area (Å²) in [7, 11) is 1.64. The largest absolute Gasteiger partial charge is 0.493 e. The monoisotopic (exact) mass is 487 g/mol. The molecule has 3 aromatic rings. The highest BCUT2D eigenvalue weighted by Crippen LogP contribution is 2.51. The second kappa shape index (κ2) is 8.57. The van der Waals surface area contributed by atoms with E-state index in [0.717, 1.165) is 53.4 Å². The van der Waals surface area contributed by atoms with Crippen LogP contribution in [-0.4, -0.2) is 59.4 Å². The molecule has 3 aliphatic rings. The summed E-state index contributed by atoms with van der Waals surface area (Å²) in [5.74, 6) is 1.21. The smallest absolute Gasteiger partial charge is 0.255 e. The quantitative estimate of drug-likeness (QED) is 0.573. The molecule has 36 heavy (non-hydrogen) atoms. The molecule has 2 amide bonds. The molecule has 1 aliphatic carbocycles. The van der Waals surface area contributed by atoms with E-state index in [1.807, 2.05) is 55.1 Å². The highest BCUT2D eigenvalue weighted by Gasteiger charge is 2.57. The third kappa shape index (κ3) is 3.18. The predicted molar refractivity (Wildman–Crippen MR) is 137 cm³/mol. The molecule has 188 valence electrons. The Balaban J connectivity index is 1.57. The summed E-state index contributed by atoms with van der Waals surface area (Å²) < 4.78 is 11.7. The highest BCUT2D eigenvalue weighted by molar-refractivity contribution is 6.01. The van der Waals surface area contributed by atoms with Crippen LogP contribution in [0.2, 0.25) is 0 Å². The van der Waals surface area contributed by atoms with Gasteiger partial charge >= 0.3 is 0 Å². The second-order valence-corrected chi connectivity index (χ2v) is 10.3. The van der Waals surface area contributed by atoms with Gasteiger partial charge in [0.1, 0.15) is 6.54 Å². The molecule has 1 aromatic heterocycles. The van der Waals surface area contributed by atoms with Crippen LogP contribution >= 0.6 is 0 Å². The molecule has 2 atom stereocenters. The summed E-state index contributed by atoms with van der Waals surface area (Å²) in [5, 5.41) is 1.07. The summed E-state index contributed by atoms with van der Waals surface area (Å²) in [5.41, 5.74) is 2.73. The van der Waals surface area contributed by atoms with Crippen LogP contribution in [0.5, 0.6) is 11.5 Å². The first kappa shape index (κ1) is 23.0. The first-order chi connectivity index (χ1) is 17.5. The van der Waals surface area contributed by atoms with E-state index in [0.29, 0.717) is 24.7 Å². The van der Waals surface area contributed by atoms with Crippen molar-refractivity contribution < 1.29 is 19.1 Å². The molecule has 7 nitrogen and oxygen atoms in total. The summed E-state index contributed by atoms with van der Waals surface area (Å²) in [4.78, 5) is 35.2. The Hall–Kier alpha value is -3.48. The number of aromatic nitrogens is 1. The minimum absolute atomic E-state index is 0.000776. The van der Waals surface area contributed by atoms with Crippen LogP contribution in [0.25, 0.3) is 10.9 Å². The lowest BCUT2D eigenvalue weighted by Crippen LogP contribution is -2.68. The van der Waals surface area contributed by atoms with Gasteiger partial charge in [0.05, 0.1) is 19.4 Å². The van der Waals surface area contributed by atoms with E-state index in [-0.39, 0.29) is 30.3 Å². The van der Waals surface area contributed by atoms with Crippen molar-refractivity contribution in [3.05, 3.63) is 59.3 Å². The Kier molecular flexibility index (Phi) is 5.47. The number of fused-ring (bicyclic) bond motifs is 5. The van der Waals surface area contributed by atoms with Crippen LogP contribution in [0.1, 0.15) is 62.3 Å². The third-order valence-corrected chi connectivity index (χ3v) is 8.43. The fourth-order valence-corrected chi connectivity index (χ4v) is 6.69. The van der Waals surface area contributed by atoms with Crippen LogP contribution in [0.15, 0.2) is 42.5 Å². The van der Waals surface area contributed by atoms with E-state index in [4.69, 9.17) is 9.47 Å². The van der Waals surface area contributed by atoms with Gasteiger partial charge in [-0.3, -0.25) is 9.59 Å². The number of hydrogen-bond acceptors (Lipinski definition) is 4. The van der Waals surface area contributed by atoms with Gasteiger partial charge in [0.2, 0.25) is 5.91 Å². The van der Waals surface area contributed by atoms with Crippen LogP contribution < -0.4 is 9.47 Å². The molecular weight excluding hydrogens is 454 g/mol. The summed E-state index contributed by atoms with van der Waals surface area (Å²) in [6, 6.07) is 14.2. The molecule has 3 heterocycles. The fourth-order valence-electron chi connectivity index (χ4n) is 6.69. The second-order valence-electron chi connectivity index (χ2n) is 10.3. The van der Waals surface area contributed by atoms with E-state index in [9.17, 15) is 9.59 Å². The van der Waals surface area contributed by atoms with Gasteiger partial charge < -0.3 is 24.3 Å². The first-order valence-electron chi connectivity index (χ1n) is 13.0. The van der Waals surface area contributed by atoms with Crippen molar-refractivity contribution >= 4 is 22.7 Å². The lowest BCUT2D eigenvalue weighted by molar-refractivity contribution is -0.168. The topological polar surface area (TPSA) is 74.9 Å². The Bertz CT molecular complexity index is 1340. The Morgan fingerprint density at radius 3 is 2.61 bits per heavy atom. The Labute approximate surface area is 211 Å². The van der Waals surface area contributed by atoms with Crippen molar-refractivity contribution in [3.8, 4) is 11.5 Å². The molecule has 7 heteroatoms. The van der Waals surface area contributed by atoms with Crippen LogP contribution in [0, 0.1) is 0 Å². The maximum Gasteiger partial charge on any atom is 0.255 e. The minimum atomic E-state index is -1.08. The van der Waals surface area contributed by atoms with E-state index in [1.54, 1.807) is 12.0 Å². The minimum Gasteiger partial charge on any atom is -0.493 e. The van der Waals surface area contributed by atoms with Crippen molar-refractivity contribution in [2.75, 3.05) is 26.8 Å². The van der Waals surface area contributed by atoms with E-state index in [1.165, 1.54) is 0 Å². The molecule has 2 fully saturated rings. The zero-order valence-corrected chi connectivity index (χ0v) is 21.2. The lowest BCUT2D eigenvalue weighted by Gasteiger charge is -2.52. The number of benzene rings is 2. The number of methoxy groups -OCH3 is 1. The van der Waals surface area contributed by atoms with E-state index < -0.39 is 5.54 Å². The number of H-pyrrole nitrogens is 1. The zero-order chi connectivity index (χ0) is 25.0. The molecular formula is C29H33N3O4. The van der Waals surface area contributed by atoms with Gasteiger partial charge in [-0.25, -0.2) is 0 Å². The third-order valence-electron chi connectivity index (χ3n) is 8.43. The highest BCUT2D eigenvalue weighted by atomic mass is 16.5. The molecule has 2 unspecified atom stereocenters. The molecule has 0 radical (unpaired) electrons. The zero-order valence-electron chi connectivity index (χ0n) is 21.2. The summed E-state index contributed by atoms with van der Waals surface area (Å²) in [6.45, 7) is 4.93. The lowest BCUT2D eigenvalue weighted by atomic mass is 9.76. The molecule has 1 saturated heterocycles. The number of rotatable bonds is 5. The average Bonchev–Trinajstić information content (AvgIpc) is 3.56. The maximum atomic E-state index is 14.2. The standard InChI is InChI=1S/C29H33N3O4/c1-4-36-26-19(13-9-15-23(26)35-3)21-16-32-24(33)17-31(18-10-5-6-11-18)28(34)29(32,2)27-25(21)20-12-7-8-14-22(20)30-27/h7-9,12-15,18,21,30H,4-6,10-11,16-17H2,1-3H3. The number of hydrogen-bond donors (Lipinski definition) is 1. The Morgan fingerprint density at radius 1 is 1.08 bits per heavy atom. The van der Waals surface area contributed by atoms with Gasteiger partial charge in [-0.2, -0.15) is 0 Å². The number of carbonyl (C=O) groups is 2. The van der Waals surface area contributed by atoms with Crippen LogP contribution in [0.4, 0.5) is 0 Å². The SMILES string of the molecule is CCOc1c(OC)cccc1C1CN2C(=O)CN(C3CCCC3)C(=O)C2(C)c2[nH]c3ccccc3c21. The van der Waals surface area contributed by atoms with E-state index in [2.05, 4.69) is 11.1 Å². The van der Waals surface area contributed by atoms with Crippen LogP contribution in [-0.2, 0) is 15.1 Å². The number of nitrogens with one attached hydrogen (secondary N) is 1. The van der Waals surface area contributed by atoms with Crippen molar-refractivity contribution in [2.24, 2.45) is 0 Å². The summed E-state index contributed by atoms with van der Waals surface area (Å²) in [6.07, 6.45) is 4.16. The fraction of sp³-hybridized carbons (Fsp3) is 0.448.